The minimum Gasteiger partial charge on any atom is -0.381 e. The monoisotopic (exact) mass is 341 g/mol. The summed E-state index contributed by atoms with van der Waals surface area (Å²) in [6, 6.07) is 0. The van der Waals surface area contributed by atoms with Gasteiger partial charge in [0.15, 0.2) is 0 Å². The molecule has 1 aromatic heterocycles. The molecule has 9 heteroatoms. The van der Waals surface area contributed by atoms with E-state index < -0.39 is 18.3 Å². The summed E-state index contributed by atoms with van der Waals surface area (Å²) in [4.78, 5) is 11.7. The lowest BCUT2D eigenvalue weighted by atomic mass is 10.2. The Kier molecular flexibility index (Phi) is 5.43. The van der Waals surface area contributed by atoms with Gasteiger partial charge in [0.2, 0.25) is 0 Å². The van der Waals surface area contributed by atoms with Crippen LogP contribution in [0.5, 0.6) is 0 Å². The van der Waals surface area contributed by atoms with Gasteiger partial charge in [0.25, 0.3) is 5.56 Å². The quantitative estimate of drug-likeness (QED) is 0.914. The highest BCUT2D eigenvalue weighted by molar-refractivity contribution is 7.99. The average molecular weight is 342 g/mol. The summed E-state index contributed by atoms with van der Waals surface area (Å²) in [5.41, 5.74) is -0.651. The number of hydrogen-bond donors (Lipinski definition) is 1. The van der Waals surface area contributed by atoms with E-state index in [0.717, 1.165) is 12.2 Å². The minimum absolute atomic E-state index is 0.255. The molecule has 0 bridgehead atoms. The van der Waals surface area contributed by atoms with E-state index in [9.17, 15) is 18.0 Å². The zero-order valence-corrected chi connectivity index (χ0v) is 12.7. The number of hydrogen-bond acceptors (Lipinski definition) is 4. The average Bonchev–Trinajstić information content (AvgIpc) is 2.43. The van der Waals surface area contributed by atoms with Crippen LogP contribution in [0.25, 0.3) is 0 Å². The maximum Gasteiger partial charge on any atom is 0.408 e. The van der Waals surface area contributed by atoms with Crippen LogP contribution >= 0.6 is 23.4 Å². The van der Waals surface area contributed by atoms with Crippen molar-refractivity contribution in [2.24, 2.45) is 0 Å². The fourth-order valence-electron chi connectivity index (χ4n) is 2.06. The third-order valence-electron chi connectivity index (χ3n) is 3.11. The first kappa shape index (κ1) is 16.5. The third kappa shape index (κ3) is 4.81. The van der Waals surface area contributed by atoms with E-state index in [1.54, 1.807) is 0 Å². The second-order valence-electron chi connectivity index (χ2n) is 4.82. The van der Waals surface area contributed by atoms with Gasteiger partial charge >= 0.3 is 6.18 Å². The number of nitrogens with one attached hydrogen (secondary N) is 1. The van der Waals surface area contributed by atoms with Gasteiger partial charge in [0, 0.05) is 11.8 Å². The van der Waals surface area contributed by atoms with E-state index in [1.165, 1.54) is 19.0 Å². The molecule has 1 atom stereocenters. The van der Waals surface area contributed by atoms with Gasteiger partial charge in [-0.2, -0.15) is 30.0 Å². The van der Waals surface area contributed by atoms with Crippen molar-refractivity contribution >= 4 is 29.1 Å². The topological polar surface area (TPSA) is 46.9 Å². The van der Waals surface area contributed by atoms with Gasteiger partial charge in [-0.25, -0.2) is 4.68 Å². The summed E-state index contributed by atoms with van der Waals surface area (Å²) in [6.07, 6.45) is 0.111. The molecule has 1 aliphatic heterocycles. The second-order valence-corrected chi connectivity index (χ2v) is 6.61. The number of nitrogens with zero attached hydrogens (tertiary/aromatic N) is 2. The molecule has 118 valence electrons. The molecule has 0 saturated carbocycles. The van der Waals surface area contributed by atoms with Gasteiger partial charge in [-0.1, -0.05) is 18.0 Å². The second kappa shape index (κ2) is 6.91. The summed E-state index contributed by atoms with van der Waals surface area (Å²) in [7, 11) is 0. The molecule has 2 rings (SSSR count). The van der Waals surface area contributed by atoms with Crippen LogP contribution in [0.1, 0.15) is 19.3 Å². The maximum absolute atomic E-state index is 12.3. The zero-order chi connectivity index (χ0) is 15.5. The lowest BCUT2D eigenvalue weighted by molar-refractivity contribution is -0.143. The molecule has 0 radical (unpaired) electrons. The summed E-state index contributed by atoms with van der Waals surface area (Å²) < 4.78 is 37.2. The van der Waals surface area contributed by atoms with Crippen molar-refractivity contribution in [1.29, 1.82) is 0 Å². The molecule has 2 heterocycles. The van der Waals surface area contributed by atoms with Gasteiger partial charge in [-0.05, 0) is 18.6 Å². The Morgan fingerprint density at radius 2 is 2.24 bits per heavy atom. The number of halogens is 4. The number of rotatable bonds is 4. The first-order valence-corrected chi connectivity index (χ1v) is 7.97. The highest BCUT2D eigenvalue weighted by Crippen LogP contribution is 2.26. The van der Waals surface area contributed by atoms with Crippen LogP contribution in [0.4, 0.5) is 18.9 Å². The largest absolute Gasteiger partial charge is 0.408 e. The molecule has 0 aliphatic carbocycles. The summed E-state index contributed by atoms with van der Waals surface area (Å²) in [6.45, 7) is -0.820. The molecular weight excluding hydrogens is 327 g/mol. The number of thioether (sulfide) groups is 1. The predicted molar refractivity (Wildman–Crippen MR) is 78.1 cm³/mol. The van der Waals surface area contributed by atoms with E-state index in [2.05, 4.69) is 10.4 Å². The fraction of sp³-hybridized carbons (Fsp3) is 0.667. The predicted octanol–water partition coefficient (Wildman–Crippen LogP) is 3.16. The molecule has 1 saturated heterocycles. The minimum atomic E-state index is -4.51. The van der Waals surface area contributed by atoms with Crippen LogP contribution in [0, 0.1) is 0 Å². The molecule has 1 unspecified atom stereocenters. The van der Waals surface area contributed by atoms with Crippen molar-refractivity contribution < 1.29 is 13.2 Å². The van der Waals surface area contributed by atoms with Crippen molar-refractivity contribution in [2.75, 3.05) is 17.6 Å². The van der Waals surface area contributed by atoms with Crippen LogP contribution < -0.4 is 10.9 Å². The first-order chi connectivity index (χ1) is 9.87. The van der Waals surface area contributed by atoms with Crippen LogP contribution in [0.3, 0.4) is 0 Å². The Bertz CT molecular complexity index is 544. The standard InChI is InChI=1S/C12H15ClF3N3OS/c13-10-9(17-5-8-3-1-2-4-21-8)6-18-19(11(10)20)7-12(14,15)16/h6,8,17H,1-5,7H2. The number of alkyl halides is 3. The third-order valence-corrected chi connectivity index (χ3v) is 4.87. The Morgan fingerprint density at radius 1 is 1.48 bits per heavy atom. The van der Waals surface area contributed by atoms with E-state index in [-0.39, 0.29) is 10.7 Å². The van der Waals surface area contributed by atoms with Crippen molar-refractivity contribution in [3.63, 3.8) is 0 Å². The fourth-order valence-corrected chi connectivity index (χ4v) is 3.51. The highest BCUT2D eigenvalue weighted by Gasteiger charge is 2.29. The molecular formula is C12H15ClF3N3OS. The van der Waals surface area contributed by atoms with Gasteiger partial charge in [-0.15, -0.1) is 0 Å². The molecule has 1 aromatic rings. The Labute approximate surface area is 129 Å². The molecule has 0 amide bonds. The summed E-state index contributed by atoms with van der Waals surface area (Å²) in [5, 5.41) is 6.69. The normalized spacial score (nSPS) is 19.5. The molecule has 21 heavy (non-hydrogen) atoms. The van der Waals surface area contributed by atoms with Gasteiger partial charge in [0.1, 0.15) is 11.6 Å². The van der Waals surface area contributed by atoms with E-state index in [4.69, 9.17) is 11.6 Å². The van der Waals surface area contributed by atoms with Crippen molar-refractivity contribution in [3.05, 3.63) is 21.6 Å². The first-order valence-electron chi connectivity index (χ1n) is 6.54. The molecule has 1 aliphatic rings. The summed E-state index contributed by atoms with van der Waals surface area (Å²) in [5.74, 6) is 1.10. The molecule has 0 spiro atoms. The number of aromatic nitrogens is 2. The smallest absolute Gasteiger partial charge is 0.381 e. The maximum atomic E-state index is 12.3. The van der Waals surface area contributed by atoms with Gasteiger partial charge in [0.05, 0.1) is 11.9 Å². The number of anilines is 1. The van der Waals surface area contributed by atoms with Crippen LogP contribution in [0.2, 0.25) is 5.02 Å². The van der Waals surface area contributed by atoms with Crippen molar-refractivity contribution in [3.8, 4) is 0 Å². The van der Waals surface area contributed by atoms with Crippen LogP contribution in [-0.4, -0.2) is 33.5 Å². The van der Waals surface area contributed by atoms with Crippen LogP contribution in [-0.2, 0) is 6.54 Å². The van der Waals surface area contributed by atoms with Crippen LogP contribution in [0.15, 0.2) is 11.0 Å². The lowest BCUT2D eigenvalue weighted by Crippen LogP contribution is -2.31. The van der Waals surface area contributed by atoms with Crippen molar-refractivity contribution in [1.82, 2.24) is 9.78 Å². The molecule has 1 fully saturated rings. The van der Waals surface area contributed by atoms with Crippen molar-refractivity contribution in [2.45, 2.75) is 37.2 Å². The van der Waals surface area contributed by atoms with Gasteiger partial charge in [-0.3, -0.25) is 4.79 Å². The lowest BCUT2D eigenvalue weighted by Gasteiger charge is -2.22. The Hall–Kier alpha value is -0.890. The Morgan fingerprint density at radius 3 is 2.86 bits per heavy atom. The molecule has 4 nitrogen and oxygen atoms in total. The van der Waals surface area contributed by atoms with E-state index in [1.807, 2.05) is 11.8 Å². The Balaban J connectivity index is 2.04. The van der Waals surface area contributed by atoms with E-state index in [0.29, 0.717) is 16.5 Å². The molecule has 1 N–H and O–H groups in total. The molecule has 0 aromatic carbocycles. The zero-order valence-electron chi connectivity index (χ0n) is 11.1. The highest BCUT2D eigenvalue weighted by atomic mass is 35.5. The van der Waals surface area contributed by atoms with Gasteiger partial charge < -0.3 is 5.32 Å². The summed E-state index contributed by atoms with van der Waals surface area (Å²) >= 11 is 7.68. The SMILES string of the molecule is O=c1c(Cl)c(NCC2CCCCS2)cnn1CC(F)(F)F. The van der Waals surface area contributed by atoms with E-state index >= 15 is 0 Å².